The van der Waals surface area contributed by atoms with Gasteiger partial charge in [0.15, 0.2) is 0 Å². The molecule has 4 nitrogen and oxygen atoms in total. The van der Waals surface area contributed by atoms with Crippen LogP contribution >= 0.6 is 0 Å². The number of hydrogen-bond donors (Lipinski definition) is 2. The average molecular weight is 292 g/mol. The highest BCUT2D eigenvalue weighted by Gasteiger charge is 2.13. The molecule has 0 saturated carbocycles. The highest BCUT2D eigenvalue weighted by atomic mass is 16.5. The lowest BCUT2D eigenvalue weighted by Crippen LogP contribution is -2.30. The van der Waals surface area contributed by atoms with E-state index in [1.54, 1.807) is 0 Å². The van der Waals surface area contributed by atoms with Gasteiger partial charge in [0.05, 0.1) is 12.7 Å². The van der Waals surface area contributed by atoms with Crippen LogP contribution in [0.1, 0.15) is 32.6 Å². The van der Waals surface area contributed by atoms with E-state index in [1.165, 1.54) is 12.8 Å². The molecule has 1 aromatic carbocycles. The minimum Gasteiger partial charge on any atom is -0.494 e. The Hall–Kier alpha value is -1.26. The molecular formula is C17H28N2O2. The highest BCUT2D eigenvalue weighted by molar-refractivity contribution is 5.48. The first-order valence-corrected chi connectivity index (χ1v) is 8.17. The molecule has 1 aliphatic heterocycles. The van der Waals surface area contributed by atoms with Crippen molar-refractivity contribution in [2.45, 2.75) is 38.7 Å². The monoisotopic (exact) mass is 292 g/mol. The van der Waals surface area contributed by atoms with Crippen molar-refractivity contribution in [1.82, 2.24) is 5.32 Å². The molecular weight excluding hydrogens is 264 g/mol. The zero-order chi connectivity index (χ0) is 14.8. The minimum atomic E-state index is 0.417. The van der Waals surface area contributed by atoms with Gasteiger partial charge in [-0.3, -0.25) is 0 Å². The molecule has 4 heteroatoms. The summed E-state index contributed by atoms with van der Waals surface area (Å²) in [6.45, 7) is 6.71. The second-order valence-corrected chi connectivity index (χ2v) is 5.50. The van der Waals surface area contributed by atoms with Crippen LogP contribution in [-0.2, 0) is 4.74 Å². The molecule has 1 saturated heterocycles. The SMILES string of the molecule is CCCCOc1cccc(NCCNCC2CCCO2)c1. The Morgan fingerprint density at radius 1 is 1.33 bits per heavy atom. The number of benzene rings is 1. The van der Waals surface area contributed by atoms with Gasteiger partial charge in [0.1, 0.15) is 5.75 Å². The molecule has 21 heavy (non-hydrogen) atoms. The molecule has 0 spiro atoms. The van der Waals surface area contributed by atoms with Crippen molar-refractivity contribution in [2.75, 3.05) is 38.2 Å². The first kappa shape index (κ1) is 16.1. The molecule has 0 aliphatic carbocycles. The van der Waals surface area contributed by atoms with Crippen molar-refractivity contribution in [1.29, 1.82) is 0 Å². The van der Waals surface area contributed by atoms with Gasteiger partial charge in [0.25, 0.3) is 0 Å². The molecule has 1 fully saturated rings. The molecule has 1 unspecified atom stereocenters. The molecule has 0 bridgehead atoms. The predicted octanol–water partition coefficient (Wildman–Crippen LogP) is 3.05. The topological polar surface area (TPSA) is 42.5 Å². The minimum absolute atomic E-state index is 0.417. The summed E-state index contributed by atoms with van der Waals surface area (Å²) in [5.41, 5.74) is 1.11. The van der Waals surface area contributed by atoms with Crippen molar-refractivity contribution in [3.63, 3.8) is 0 Å². The van der Waals surface area contributed by atoms with Crippen molar-refractivity contribution in [3.05, 3.63) is 24.3 Å². The van der Waals surface area contributed by atoms with Crippen molar-refractivity contribution in [3.8, 4) is 5.75 Å². The zero-order valence-electron chi connectivity index (χ0n) is 13.1. The van der Waals surface area contributed by atoms with Crippen LogP contribution in [0.25, 0.3) is 0 Å². The summed E-state index contributed by atoms with van der Waals surface area (Å²) in [7, 11) is 0. The number of anilines is 1. The van der Waals surface area contributed by atoms with Crippen LogP contribution in [0.3, 0.4) is 0 Å². The molecule has 2 N–H and O–H groups in total. The lowest BCUT2D eigenvalue weighted by Gasteiger charge is -2.12. The zero-order valence-corrected chi connectivity index (χ0v) is 13.1. The third-order valence-corrected chi connectivity index (χ3v) is 3.63. The van der Waals surface area contributed by atoms with Crippen molar-refractivity contribution in [2.24, 2.45) is 0 Å². The molecule has 1 atom stereocenters. The Balaban J connectivity index is 1.59. The second kappa shape index (κ2) is 9.64. The summed E-state index contributed by atoms with van der Waals surface area (Å²) in [5.74, 6) is 0.945. The van der Waals surface area contributed by atoms with E-state index in [9.17, 15) is 0 Å². The average Bonchev–Trinajstić information content (AvgIpc) is 3.01. The number of unbranched alkanes of at least 4 members (excludes halogenated alkanes) is 1. The van der Waals surface area contributed by atoms with Crippen LogP contribution in [-0.4, -0.2) is 39.0 Å². The molecule has 0 aromatic heterocycles. The number of hydrogen-bond acceptors (Lipinski definition) is 4. The van der Waals surface area contributed by atoms with E-state index in [1.807, 2.05) is 12.1 Å². The number of rotatable bonds is 10. The van der Waals surface area contributed by atoms with Crippen molar-refractivity contribution < 1.29 is 9.47 Å². The smallest absolute Gasteiger partial charge is 0.121 e. The largest absolute Gasteiger partial charge is 0.494 e. The van der Waals surface area contributed by atoms with E-state index in [2.05, 4.69) is 29.7 Å². The van der Waals surface area contributed by atoms with E-state index in [0.29, 0.717) is 6.10 Å². The molecule has 1 aromatic rings. The standard InChI is InChI=1S/C17H28N2O2/c1-2-3-11-20-16-7-4-6-15(13-16)19-10-9-18-14-17-8-5-12-21-17/h4,6-7,13,17-19H,2-3,5,8-12,14H2,1H3. The quantitative estimate of drug-likeness (QED) is 0.651. The Kier molecular flexibility index (Phi) is 7.39. The van der Waals surface area contributed by atoms with Gasteiger partial charge in [0.2, 0.25) is 0 Å². The van der Waals surface area contributed by atoms with Gasteiger partial charge in [-0.25, -0.2) is 0 Å². The normalized spacial score (nSPS) is 17.9. The second-order valence-electron chi connectivity index (χ2n) is 5.50. The molecule has 2 rings (SSSR count). The fraction of sp³-hybridized carbons (Fsp3) is 0.647. The summed E-state index contributed by atoms with van der Waals surface area (Å²) in [6.07, 6.45) is 5.08. The Bertz CT molecular complexity index is 392. The maximum atomic E-state index is 5.71. The number of nitrogens with one attached hydrogen (secondary N) is 2. The number of ether oxygens (including phenoxy) is 2. The summed E-state index contributed by atoms with van der Waals surface area (Å²) in [5, 5.41) is 6.85. The first-order valence-electron chi connectivity index (χ1n) is 8.17. The van der Waals surface area contributed by atoms with Crippen molar-refractivity contribution >= 4 is 5.69 Å². The van der Waals surface area contributed by atoms with Crippen LogP contribution in [0.2, 0.25) is 0 Å². The summed E-state index contributed by atoms with van der Waals surface area (Å²) >= 11 is 0. The predicted molar refractivity (Wildman–Crippen MR) is 87.2 cm³/mol. The van der Waals surface area contributed by atoms with E-state index < -0.39 is 0 Å². The van der Waals surface area contributed by atoms with Crippen LogP contribution in [0.5, 0.6) is 5.75 Å². The lowest BCUT2D eigenvalue weighted by atomic mass is 10.2. The van der Waals surface area contributed by atoms with Gasteiger partial charge in [-0.1, -0.05) is 19.4 Å². The Labute approximate surface area is 128 Å². The summed E-state index contributed by atoms with van der Waals surface area (Å²) in [4.78, 5) is 0. The highest BCUT2D eigenvalue weighted by Crippen LogP contribution is 2.17. The van der Waals surface area contributed by atoms with Gasteiger partial charge in [-0.2, -0.15) is 0 Å². The van der Waals surface area contributed by atoms with Gasteiger partial charge >= 0.3 is 0 Å². The van der Waals surface area contributed by atoms with E-state index >= 15 is 0 Å². The molecule has 0 amide bonds. The Morgan fingerprint density at radius 2 is 2.29 bits per heavy atom. The summed E-state index contributed by atoms with van der Waals surface area (Å²) in [6, 6.07) is 8.18. The van der Waals surface area contributed by atoms with Gasteiger partial charge < -0.3 is 20.1 Å². The molecule has 0 radical (unpaired) electrons. The Morgan fingerprint density at radius 3 is 3.10 bits per heavy atom. The van der Waals surface area contributed by atoms with Gasteiger partial charge in [0, 0.05) is 38.0 Å². The van der Waals surface area contributed by atoms with Crippen LogP contribution in [0.4, 0.5) is 5.69 Å². The van der Waals surface area contributed by atoms with Crippen LogP contribution < -0.4 is 15.4 Å². The van der Waals surface area contributed by atoms with E-state index in [-0.39, 0.29) is 0 Å². The fourth-order valence-electron chi connectivity index (χ4n) is 2.39. The third kappa shape index (κ3) is 6.36. The van der Waals surface area contributed by atoms with E-state index in [0.717, 1.165) is 57.1 Å². The maximum Gasteiger partial charge on any atom is 0.121 e. The van der Waals surface area contributed by atoms with Crippen LogP contribution in [0, 0.1) is 0 Å². The lowest BCUT2D eigenvalue weighted by molar-refractivity contribution is 0.110. The molecule has 1 heterocycles. The van der Waals surface area contributed by atoms with Gasteiger partial charge in [-0.15, -0.1) is 0 Å². The maximum absolute atomic E-state index is 5.71. The van der Waals surface area contributed by atoms with Crippen LogP contribution in [0.15, 0.2) is 24.3 Å². The van der Waals surface area contributed by atoms with E-state index in [4.69, 9.17) is 9.47 Å². The first-order chi connectivity index (χ1) is 10.4. The molecule has 1 aliphatic rings. The van der Waals surface area contributed by atoms with Gasteiger partial charge in [-0.05, 0) is 31.4 Å². The summed E-state index contributed by atoms with van der Waals surface area (Å²) < 4.78 is 11.3. The molecule has 118 valence electrons. The fourth-order valence-corrected chi connectivity index (χ4v) is 2.39. The third-order valence-electron chi connectivity index (χ3n) is 3.63.